The Bertz CT molecular complexity index is 268. The summed E-state index contributed by atoms with van der Waals surface area (Å²) in [6.45, 7) is 10.2. The Kier molecular flexibility index (Phi) is 6.31. The van der Waals surface area contributed by atoms with Gasteiger partial charge in [0, 0.05) is 26.2 Å². The SMILES string of the molecule is CC(C)CNCC1(CN(C)CC2CCCO2)CCCC1. The number of hydrogen-bond donors (Lipinski definition) is 1. The van der Waals surface area contributed by atoms with Gasteiger partial charge in [-0.2, -0.15) is 0 Å². The van der Waals surface area contributed by atoms with Gasteiger partial charge < -0.3 is 15.0 Å². The first-order chi connectivity index (χ1) is 9.60. The lowest BCUT2D eigenvalue weighted by Gasteiger charge is -2.35. The van der Waals surface area contributed by atoms with E-state index in [0.29, 0.717) is 11.5 Å². The van der Waals surface area contributed by atoms with Crippen molar-refractivity contribution in [2.45, 2.75) is 58.5 Å². The van der Waals surface area contributed by atoms with Crippen molar-refractivity contribution >= 4 is 0 Å². The largest absolute Gasteiger partial charge is 0.377 e. The van der Waals surface area contributed by atoms with Crippen LogP contribution < -0.4 is 5.32 Å². The second kappa shape index (κ2) is 7.77. The highest BCUT2D eigenvalue weighted by Gasteiger charge is 2.35. The van der Waals surface area contributed by atoms with Gasteiger partial charge in [0.25, 0.3) is 0 Å². The minimum absolute atomic E-state index is 0.488. The molecule has 2 rings (SSSR count). The molecule has 1 saturated carbocycles. The maximum absolute atomic E-state index is 5.78. The van der Waals surface area contributed by atoms with Crippen LogP contribution in [0.2, 0.25) is 0 Å². The van der Waals surface area contributed by atoms with Gasteiger partial charge in [0.15, 0.2) is 0 Å². The van der Waals surface area contributed by atoms with Crippen molar-refractivity contribution in [3.05, 3.63) is 0 Å². The van der Waals surface area contributed by atoms with Crippen LogP contribution in [-0.2, 0) is 4.74 Å². The molecule has 2 fully saturated rings. The summed E-state index contributed by atoms with van der Waals surface area (Å²) in [5, 5.41) is 3.71. The Morgan fingerprint density at radius 2 is 2.00 bits per heavy atom. The fourth-order valence-corrected chi connectivity index (χ4v) is 3.91. The van der Waals surface area contributed by atoms with E-state index >= 15 is 0 Å². The van der Waals surface area contributed by atoms with E-state index in [0.717, 1.165) is 25.6 Å². The molecule has 118 valence electrons. The summed E-state index contributed by atoms with van der Waals surface area (Å²) in [7, 11) is 2.28. The molecule has 0 aromatic heterocycles. The molecule has 2 aliphatic rings. The molecule has 20 heavy (non-hydrogen) atoms. The van der Waals surface area contributed by atoms with Gasteiger partial charge in [-0.15, -0.1) is 0 Å². The molecule has 3 heteroatoms. The van der Waals surface area contributed by atoms with Crippen LogP contribution in [0.25, 0.3) is 0 Å². The van der Waals surface area contributed by atoms with Crippen molar-refractivity contribution in [3.63, 3.8) is 0 Å². The second-order valence-corrected chi connectivity index (χ2v) is 7.56. The molecule has 0 radical (unpaired) electrons. The summed E-state index contributed by atoms with van der Waals surface area (Å²) in [5.41, 5.74) is 0.516. The first-order valence-electron chi connectivity index (χ1n) is 8.60. The van der Waals surface area contributed by atoms with E-state index in [-0.39, 0.29) is 0 Å². The number of hydrogen-bond acceptors (Lipinski definition) is 3. The molecule has 1 unspecified atom stereocenters. The Labute approximate surface area is 125 Å². The fraction of sp³-hybridized carbons (Fsp3) is 1.00. The van der Waals surface area contributed by atoms with Crippen LogP contribution in [-0.4, -0.2) is 50.8 Å². The van der Waals surface area contributed by atoms with Crippen molar-refractivity contribution in [2.24, 2.45) is 11.3 Å². The van der Waals surface area contributed by atoms with E-state index < -0.39 is 0 Å². The van der Waals surface area contributed by atoms with Crippen LogP contribution in [0.5, 0.6) is 0 Å². The molecule has 0 spiro atoms. The summed E-state index contributed by atoms with van der Waals surface area (Å²) < 4.78 is 5.78. The minimum Gasteiger partial charge on any atom is -0.377 e. The highest BCUT2D eigenvalue weighted by atomic mass is 16.5. The molecule has 1 atom stereocenters. The lowest BCUT2D eigenvalue weighted by atomic mass is 9.85. The molecular formula is C17H34N2O. The van der Waals surface area contributed by atoms with Crippen LogP contribution in [0, 0.1) is 11.3 Å². The zero-order valence-electron chi connectivity index (χ0n) is 13.8. The molecular weight excluding hydrogens is 248 g/mol. The van der Waals surface area contributed by atoms with Crippen LogP contribution in [0.4, 0.5) is 0 Å². The van der Waals surface area contributed by atoms with Gasteiger partial charge in [-0.25, -0.2) is 0 Å². The van der Waals surface area contributed by atoms with Crippen molar-refractivity contribution in [2.75, 3.05) is 39.8 Å². The van der Waals surface area contributed by atoms with Gasteiger partial charge in [0.1, 0.15) is 0 Å². The zero-order valence-corrected chi connectivity index (χ0v) is 13.8. The normalized spacial score (nSPS) is 25.9. The monoisotopic (exact) mass is 282 g/mol. The molecule has 0 aromatic rings. The molecule has 0 amide bonds. The first-order valence-corrected chi connectivity index (χ1v) is 8.60. The smallest absolute Gasteiger partial charge is 0.0702 e. The third-order valence-corrected chi connectivity index (χ3v) is 4.86. The Morgan fingerprint density at radius 3 is 2.60 bits per heavy atom. The van der Waals surface area contributed by atoms with Crippen LogP contribution in [0.3, 0.4) is 0 Å². The van der Waals surface area contributed by atoms with Crippen molar-refractivity contribution in [3.8, 4) is 0 Å². The molecule has 1 aliphatic heterocycles. The van der Waals surface area contributed by atoms with Crippen LogP contribution >= 0.6 is 0 Å². The fourth-order valence-electron chi connectivity index (χ4n) is 3.91. The molecule has 0 aromatic carbocycles. The molecule has 3 nitrogen and oxygen atoms in total. The first kappa shape index (κ1) is 16.3. The summed E-state index contributed by atoms with van der Waals surface area (Å²) in [6, 6.07) is 0. The van der Waals surface area contributed by atoms with Gasteiger partial charge in [-0.3, -0.25) is 0 Å². The zero-order chi connectivity index (χ0) is 14.4. The van der Waals surface area contributed by atoms with Crippen molar-refractivity contribution in [1.82, 2.24) is 10.2 Å². The number of nitrogens with zero attached hydrogens (tertiary/aromatic N) is 1. The Morgan fingerprint density at radius 1 is 1.25 bits per heavy atom. The van der Waals surface area contributed by atoms with E-state index in [1.54, 1.807) is 0 Å². The lowest BCUT2D eigenvalue weighted by molar-refractivity contribution is 0.0649. The maximum atomic E-state index is 5.78. The van der Waals surface area contributed by atoms with E-state index in [2.05, 4.69) is 31.1 Å². The molecule has 0 bridgehead atoms. The maximum Gasteiger partial charge on any atom is 0.0702 e. The average Bonchev–Trinajstić information content (AvgIpc) is 3.01. The third-order valence-electron chi connectivity index (χ3n) is 4.86. The van der Waals surface area contributed by atoms with E-state index in [1.165, 1.54) is 51.6 Å². The summed E-state index contributed by atoms with van der Waals surface area (Å²) >= 11 is 0. The minimum atomic E-state index is 0.488. The molecule has 1 aliphatic carbocycles. The number of nitrogens with one attached hydrogen (secondary N) is 1. The average molecular weight is 282 g/mol. The Balaban J connectivity index is 1.77. The highest BCUT2D eigenvalue weighted by molar-refractivity contribution is 4.89. The molecule has 1 saturated heterocycles. The topological polar surface area (TPSA) is 24.5 Å². The lowest BCUT2D eigenvalue weighted by Crippen LogP contribution is -2.44. The van der Waals surface area contributed by atoms with Gasteiger partial charge in [-0.1, -0.05) is 26.7 Å². The highest BCUT2D eigenvalue weighted by Crippen LogP contribution is 2.38. The van der Waals surface area contributed by atoms with Crippen molar-refractivity contribution in [1.29, 1.82) is 0 Å². The summed E-state index contributed by atoms with van der Waals surface area (Å²) in [5.74, 6) is 0.748. The summed E-state index contributed by atoms with van der Waals surface area (Å²) in [4.78, 5) is 2.53. The predicted octanol–water partition coefficient (Wildman–Crippen LogP) is 2.90. The van der Waals surface area contributed by atoms with E-state index in [9.17, 15) is 0 Å². The summed E-state index contributed by atoms with van der Waals surface area (Å²) in [6.07, 6.45) is 8.61. The number of ether oxygens (including phenoxy) is 1. The van der Waals surface area contributed by atoms with Crippen LogP contribution in [0.1, 0.15) is 52.4 Å². The van der Waals surface area contributed by atoms with Crippen molar-refractivity contribution < 1.29 is 4.74 Å². The van der Waals surface area contributed by atoms with Gasteiger partial charge in [0.05, 0.1) is 6.10 Å². The van der Waals surface area contributed by atoms with Gasteiger partial charge >= 0.3 is 0 Å². The third kappa shape index (κ3) is 5.01. The van der Waals surface area contributed by atoms with E-state index in [1.807, 2.05) is 0 Å². The standard InChI is InChI=1S/C17H34N2O/c1-15(2)11-18-13-17(8-4-5-9-17)14-19(3)12-16-7-6-10-20-16/h15-16,18H,4-14H2,1-3H3. The predicted molar refractivity (Wildman–Crippen MR) is 85.1 cm³/mol. The van der Waals surface area contributed by atoms with E-state index in [4.69, 9.17) is 4.74 Å². The number of rotatable bonds is 8. The Hall–Kier alpha value is -0.120. The quantitative estimate of drug-likeness (QED) is 0.741. The molecule has 1 N–H and O–H groups in total. The van der Waals surface area contributed by atoms with Gasteiger partial charge in [-0.05, 0) is 50.6 Å². The number of likely N-dealkylation sites (N-methyl/N-ethyl adjacent to an activating group) is 1. The van der Waals surface area contributed by atoms with Gasteiger partial charge in [0.2, 0.25) is 0 Å². The van der Waals surface area contributed by atoms with Crippen LogP contribution in [0.15, 0.2) is 0 Å². The second-order valence-electron chi connectivity index (χ2n) is 7.56. The molecule has 1 heterocycles.